The number of ether oxygens (including phenoxy) is 1. The Morgan fingerprint density at radius 3 is 2.19 bits per heavy atom. The Balaban J connectivity index is 5.22. The summed E-state index contributed by atoms with van der Waals surface area (Å²) in [5.41, 5.74) is 0. The number of nitrogens with one attached hydrogen (secondary N) is 1. The van der Waals surface area contributed by atoms with E-state index in [-0.39, 0.29) is 12.3 Å². The third kappa shape index (κ3) is 17.3. The maximum atomic E-state index is 12.8. The zero-order chi connectivity index (χ0) is 27.2. The number of esters is 1. The molecule has 0 aliphatic carbocycles. The summed E-state index contributed by atoms with van der Waals surface area (Å²) in [7, 11) is 0. The van der Waals surface area contributed by atoms with E-state index in [1.807, 2.05) is 26.0 Å². The van der Waals surface area contributed by atoms with Crippen molar-refractivity contribution in [1.29, 1.82) is 0 Å². The van der Waals surface area contributed by atoms with Crippen molar-refractivity contribution < 1.29 is 29.3 Å². The predicted octanol–water partition coefficient (Wildman–Crippen LogP) is 5.95. The maximum absolute atomic E-state index is 12.8. The minimum absolute atomic E-state index is 0.0309. The van der Waals surface area contributed by atoms with Gasteiger partial charge in [0.25, 0.3) is 0 Å². The average molecular weight is 510 g/mol. The van der Waals surface area contributed by atoms with Crippen molar-refractivity contribution in [2.75, 3.05) is 0 Å². The van der Waals surface area contributed by atoms with E-state index in [0.29, 0.717) is 25.7 Å². The first-order valence-electron chi connectivity index (χ1n) is 13.9. The summed E-state index contributed by atoms with van der Waals surface area (Å²) >= 11 is 0. The van der Waals surface area contributed by atoms with Crippen LogP contribution in [0.1, 0.15) is 111 Å². The average Bonchev–Trinajstić information content (AvgIpc) is 2.81. The number of unbranched alkanes of at least 4 members (excludes halogenated alkanes) is 6. The molecule has 0 aliphatic rings. The van der Waals surface area contributed by atoms with Crippen LogP contribution in [0.2, 0.25) is 0 Å². The van der Waals surface area contributed by atoms with E-state index in [0.717, 1.165) is 38.5 Å². The third-order valence-corrected chi connectivity index (χ3v) is 6.18. The highest BCUT2D eigenvalue weighted by Crippen LogP contribution is 2.22. The zero-order valence-corrected chi connectivity index (χ0v) is 23.0. The minimum atomic E-state index is -1.13. The van der Waals surface area contributed by atoms with Gasteiger partial charge in [0.1, 0.15) is 12.1 Å². The van der Waals surface area contributed by atoms with Gasteiger partial charge >= 0.3 is 11.9 Å². The number of aliphatic hydroxyl groups excluding tert-OH is 1. The van der Waals surface area contributed by atoms with Crippen LogP contribution >= 0.6 is 0 Å². The van der Waals surface area contributed by atoms with Crippen LogP contribution in [0.3, 0.4) is 0 Å². The minimum Gasteiger partial charge on any atom is -0.481 e. The van der Waals surface area contributed by atoms with Crippen molar-refractivity contribution in [3.05, 3.63) is 24.3 Å². The van der Waals surface area contributed by atoms with Crippen LogP contribution in [0.25, 0.3) is 0 Å². The fourth-order valence-corrected chi connectivity index (χ4v) is 4.08. The summed E-state index contributed by atoms with van der Waals surface area (Å²) in [4.78, 5) is 35.6. The third-order valence-electron chi connectivity index (χ3n) is 6.18. The van der Waals surface area contributed by atoms with Crippen LogP contribution < -0.4 is 5.32 Å². The fraction of sp³-hybridized carbons (Fsp3) is 0.759. The largest absolute Gasteiger partial charge is 0.481 e. The number of rotatable bonds is 23. The number of carbonyl (C=O) groups is 3. The number of carboxylic acids is 1. The molecule has 4 atom stereocenters. The molecule has 0 radical (unpaired) electrons. The SMILES string of the molecule is CCCCC/C=C\C/C=C\C[C@@H](C[C@H](O)[C@H](CCCCCC)C(=O)O)OC(=O)[C@H](CC(C)C)NC=O. The summed E-state index contributed by atoms with van der Waals surface area (Å²) in [6, 6.07) is -0.776. The van der Waals surface area contributed by atoms with Crippen LogP contribution in [0.4, 0.5) is 0 Å². The molecular formula is C29H51NO6. The molecule has 0 saturated heterocycles. The Morgan fingerprint density at radius 1 is 0.917 bits per heavy atom. The van der Waals surface area contributed by atoms with Gasteiger partial charge in [-0.2, -0.15) is 0 Å². The van der Waals surface area contributed by atoms with E-state index in [1.54, 1.807) is 0 Å². The predicted molar refractivity (Wildman–Crippen MR) is 144 cm³/mol. The number of amides is 1. The van der Waals surface area contributed by atoms with E-state index in [2.05, 4.69) is 31.3 Å². The maximum Gasteiger partial charge on any atom is 0.328 e. The number of aliphatic hydroxyl groups is 1. The van der Waals surface area contributed by atoms with Crippen LogP contribution in [-0.4, -0.2) is 46.8 Å². The molecule has 7 nitrogen and oxygen atoms in total. The number of carboxylic acid groups (broad SMARTS) is 1. The van der Waals surface area contributed by atoms with E-state index in [1.165, 1.54) is 19.3 Å². The molecule has 0 heterocycles. The molecule has 3 N–H and O–H groups in total. The molecule has 0 aromatic carbocycles. The van der Waals surface area contributed by atoms with Gasteiger partial charge in [-0.05, 0) is 38.0 Å². The number of carbonyl (C=O) groups excluding carboxylic acids is 2. The molecule has 0 aromatic heterocycles. The van der Waals surface area contributed by atoms with E-state index in [4.69, 9.17) is 4.74 Å². The second kappa shape index (κ2) is 22.1. The Morgan fingerprint density at radius 2 is 1.58 bits per heavy atom. The summed E-state index contributed by atoms with van der Waals surface area (Å²) < 4.78 is 5.70. The van der Waals surface area contributed by atoms with Gasteiger partial charge in [0, 0.05) is 12.8 Å². The first-order chi connectivity index (χ1) is 17.3. The van der Waals surface area contributed by atoms with Gasteiger partial charge < -0.3 is 20.3 Å². The van der Waals surface area contributed by atoms with Gasteiger partial charge in [0.15, 0.2) is 0 Å². The van der Waals surface area contributed by atoms with Crippen LogP contribution in [0, 0.1) is 11.8 Å². The highest BCUT2D eigenvalue weighted by atomic mass is 16.5. The highest BCUT2D eigenvalue weighted by Gasteiger charge is 2.31. The molecule has 36 heavy (non-hydrogen) atoms. The van der Waals surface area contributed by atoms with Gasteiger partial charge in [0.2, 0.25) is 6.41 Å². The zero-order valence-electron chi connectivity index (χ0n) is 23.0. The lowest BCUT2D eigenvalue weighted by Crippen LogP contribution is -2.41. The molecule has 0 bridgehead atoms. The van der Waals surface area contributed by atoms with Gasteiger partial charge in [-0.3, -0.25) is 9.59 Å². The molecule has 7 heteroatoms. The first-order valence-corrected chi connectivity index (χ1v) is 13.9. The normalized spacial score (nSPS) is 15.2. The van der Waals surface area contributed by atoms with Crippen LogP contribution in [0.15, 0.2) is 24.3 Å². The van der Waals surface area contributed by atoms with E-state index in [9.17, 15) is 24.6 Å². The highest BCUT2D eigenvalue weighted by molar-refractivity contribution is 5.78. The summed E-state index contributed by atoms with van der Waals surface area (Å²) in [6.45, 7) is 8.16. The topological polar surface area (TPSA) is 113 Å². The quantitative estimate of drug-likeness (QED) is 0.0678. The first kappa shape index (κ1) is 33.8. The number of hydrogen-bond donors (Lipinski definition) is 3. The van der Waals surface area contributed by atoms with Gasteiger partial charge in [-0.1, -0.05) is 90.5 Å². The Kier molecular flexibility index (Phi) is 20.8. The second-order valence-electron chi connectivity index (χ2n) is 10.0. The fourth-order valence-electron chi connectivity index (χ4n) is 4.08. The molecular weight excluding hydrogens is 458 g/mol. The van der Waals surface area contributed by atoms with Gasteiger partial charge in [-0.15, -0.1) is 0 Å². The van der Waals surface area contributed by atoms with Crippen molar-refractivity contribution >= 4 is 18.3 Å². The number of aliphatic carboxylic acids is 1. The molecule has 208 valence electrons. The summed E-state index contributed by atoms with van der Waals surface area (Å²) in [6.07, 6.45) is 17.2. The van der Waals surface area contributed by atoms with Crippen molar-refractivity contribution in [3.63, 3.8) is 0 Å². The van der Waals surface area contributed by atoms with Gasteiger partial charge in [0.05, 0.1) is 12.0 Å². The molecule has 0 saturated carbocycles. The summed E-state index contributed by atoms with van der Waals surface area (Å²) in [5, 5.41) is 23.0. The van der Waals surface area contributed by atoms with Crippen LogP contribution in [0.5, 0.6) is 0 Å². The van der Waals surface area contributed by atoms with Crippen molar-refractivity contribution in [1.82, 2.24) is 5.32 Å². The molecule has 0 aromatic rings. The standard InChI is InChI=1S/C29H51NO6/c1-5-7-9-11-12-13-14-15-16-18-24(36-29(35)26(30-22-31)20-23(3)4)21-27(32)25(28(33)34)19-17-10-8-6-2/h12-13,15-16,22-27,32H,5-11,14,17-21H2,1-4H3,(H,30,31)(H,33,34)/b13-12-,16-15-/t24-,25-,26-,27-/m0/s1. The summed E-state index contributed by atoms with van der Waals surface area (Å²) in [5.74, 6) is -2.33. The van der Waals surface area contributed by atoms with Gasteiger partial charge in [-0.25, -0.2) is 4.79 Å². The molecule has 1 amide bonds. The van der Waals surface area contributed by atoms with E-state index >= 15 is 0 Å². The monoisotopic (exact) mass is 509 g/mol. The Labute approximate surface area is 218 Å². The molecule has 0 spiro atoms. The molecule has 0 unspecified atom stereocenters. The lowest BCUT2D eigenvalue weighted by molar-refractivity contribution is -0.155. The van der Waals surface area contributed by atoms with Crippen molar-refractivity contribution in [2.45, 2.75) is 129 Å². The molecule has 0 fully saturated rings. The number of allylic oxidation sites excluding steroid dienone is 3. The lowest BCUT2D eigenvalue weighted by atomic mass is 9.91. The van der Waals surface area contributed by atoms with Crippen LogP contribution in [-0.2, 0) is 19.1 Å². The molecule has 0 rings (SSSR count). The Hall–Kier alpha value is -2.15. The smallest absolute Gasteiger partial charge is 0.328 e. The molecule has 0 aliphatic heterocycles. The lowest BCUT2D eigenvalue weighted by Gasteiger charge is -2.26. The number of hydrogen-bond acceptors (Lipinski definition) is 5. The second-order valence-corrected chi connectivity index (χ2v) is 10.0. The van der Waals surface area contributed by atoms with E-state index < -0.39 is 36.1 Å². The van der Waals surface area contributed by atoms with Crippen molar-refractivity contribution in [3.8, 4) is 0 Å². The Bertz CT molecular complexity index is 646. The van der Waals surface area contributed by atoms with Crippen molar-refractivity contribution in [2.24, 2.45) is 11.8 Å².